The Morgan fingerprint density at radius 1 is 1.33 bits per heavy atom. The van der Waals surface area contributed by atoms with Crippen molar-refractivity contribution in [2.24, 2.45) is 5.73 Å². The van der Waals surface area contributed by atoms with Gasteiger partial charge in [-0.1, -0.05) is 6.07 Å². The molecule has 1 aromatic rings. The standard InChI is InChI=1S/C14H20N2O2/c1-9-2-3-10(14(17)18)8-13(9)16-12-6-4-11(15)5-7-12/h2-3,8,11-12,16H,4-7,15H2,1H3,(H,17,18). The van der Waals surface area contributed by atoms with Gasteiger partial charge in [-0.2, -0.15) is 0 Å². The van der Waals surface area contributed by atoms with E-state index in [0.717, 1.165) is 36.9 Å². The predicted molar refractivity (Wildman–Crippen MR) is 72.0 cm³/mol. The SMILES string of the molecule is Cc1ccc(C(=O)O)cc1NC1CCC(N)CC1. The summed E-state index contributed by atoms with van der Waals surface area (Å²) in [6.07, 6.45) is 4.18. The van der Waals surface area contributed by atoms with E-state index in [4.69, 9.17) is 10.8 Å². The van der Waals surface area contributed by atoms with E-state index in [9.17, 15) is 4.79 Å². The largest absolute Gasteiger partial charge is 0.478 e. The lowest BCUT2D eigenvalue weighted by molar-refractivity contribution is 0.0697. The Hall–Kier alpha value is -1.55. The maximum absolute atomic E-state index is 11.0. The van der Waals surface area contributed by atoms with Crippen LogP contribution in [0.4, 0.5) is 5.69 Å². The lowest BCUT2D eigenvalue weighted by atomic mass is 9.91. The molecule has 18 heavy (non-hydrogen) atoms. The quantitative estimate of drug-likeness (QED) is 0.767. The van der Waals surface area contributed by atoms with Gasteiger partial charge in [-0.3, -0.25) is 0 Å². The van der Waals surface area contributed by atoms with E-state index in [2.05, 4.69) is 5.32 Å². The molecule has 0 heterocycles. The molecule has 0 aliphatic heterocycles. The molecular weight excluding hydrogens is 228 g/mol. The highest BCUT2D eigenvalue weighted by Crippen LogP contribution is 2.24. The second-order valence-electron chi connectivity index (χ2n) is 5.09. The van der Waals surface area contributed by atoms with Gasteiger partial charge in [0, 0.05) is 17.8 Å². The first-order valence-corrected chi connectivity index (χ1v) is 6.42. The summed E-state index contributed by atoms with van der Waals surface area (Å²) in [4.78, 5) is 11.0. The maximum Gasteiger partial charge on any atom is 0.335 e. The van der Waals surface area contributed by atoms with Crippen LogP contribution in [-0.2, 0) is 0 Å². The van der Waals surface area contributed by atoms with Crippen LogP contribution >= 0.6 is 0 Å². The molecule has 0 atom stereocenters. The van der Waals surface area contributed by atoms with Gasteiger partial charge in [0.05, 0.1) is 5.56 Å². The number of hydrogen-bond acceptors (Lipinski definition) is 3. The Bertz CT molecular complexity index is 437. The van der Waals surface area contributed by atoms with Gasteiger partial charge in [0.25, 0.3) is 0 Å². The van der Waals surface area contributed by atoms with E-state index >= 15 is 0 Å². The first kappa shape index (κ1) is 12.9. The molecule has 0 bridgehead atoms. The monoisotopic (exact) mass is 248 g/mol. The average molecular weight is 248 g/mol. The molecule has 1 aliphatic rings. The van der Waals surface area contributed by atoms with Gasteiger partial charge in [-0.25, -0.2) is 4.79 Å². The van der Waals surface area contributed by atoms with Crippen LogP contribution in [0.3, 0.4) is 0 Å². The molecule has 1 fully saturated rings. The van der Waals surface area contributed by atoms with Gasteiger partial charge in [-0.15, -0.1) is 0 Å². The molecule has 98 valence electrons. The second kappa shape index (κ2) is 5.40. The number of carboxylic acid groups (broad SMARTS) is 1. The van der Waals surface area contributed by atoms with Crippen molar-refractivity contribution in [1.82, 2.24) is 0 Å². The third-order valence-electron chi connectivity index (χ3n) is 3.62. The summed E-state index contributed by atoms with van der Waals surface area (Å²) in [6, 6.07) is 5.94. The van der Waals surface area contributed by atoms with Crippen molar-refractivity contribution in [3.8, 4) is 0 Å². The van der Waals surface area contributed by atoms with Gasteiger partial charge in [0.1, 0.15) is 0 Å². The van der Waals surface area contributed by atoms with Gasteiger partial charge >= 0.3 is 5.97 Å². The minimum absolute atomic E-state index is 0.328. The smallest absolute Gasteiger partial charge is 0.335 e. The van der Waals surface area contributed by atoms with Crippen LogP contribution in [0.1, 0.15) is 41.6 Å². The van der Waals surface area contributed by atoms with E-state index in [1.165, 1.54) is 0 Å². The van der Waals surface area contributed by atoms with Crippen LogP contribution < -0.4 is 11.1 Å². The number of benzene rings is 1. The van der Waals surface area contributed by atoms with Crippen LogP contribution in [0.15, 0.2) is 18.2 Å². The first-order chi connectivity index (χ1) is 8.56. The third kappa shape index (κ3) is 3.01. The first-order valence-electron chi connectivity index (χ1n) is 6.42. The number of aryl methyl sites for hydroxylation is 1. The molecule has 1 aliphatic carbocycles. The van der Waals surface area contributed by atoms with Crippen molar-refractivity contribution < 1.29 is 9.90 Å². The minimum atomic E-state index is -0.885. The zero-order valence-electron chi connectivity index (χ0n) is 10.6. The van der Waals surface area contributed by atoms with Crippen molar-refractivity contribution in [1.29, 1.82) is 0 Å². The summed E-state index contributed by atoms with van der Waals surface area (Å²) in [5.41, 5.74) is 8.21. The van der Waals surface area contributed by atoms with E-state index in [1.54, 1.807) is 12.1 Å². The number of carbonyl (C=O) groups is 1. The maximum atomic E-state index is 11.0. The summed E-state index contributed by atoms with van der Waals surface area (Å²) in [5, 5.41) is 12.4. The van der Waals surface area contributed by atoms with Crippen molar-refractivity contribution in [3.63, 3.8) is 0 Å². The number of hydrogen-bond donors (Lipinski definition) is 3. The Balaban J connectivity index is 2.08. The molecular formula is C14H20N2O2. The molecule has 1 aromatic carbocycles. The zero-order chi connectivity index (χ0) is 13.1. The highest BCUT2D eigenvalue weighted by molar-refractivity contribution is 5.89. The Labute approximate surface area is 107 Å². The van der Waals surface area contributed by atoms with Crippen molar-refractivity contribution >= 4 is 11.7 Å². The minimum Gasteiger partial charge on any atom is -0.478 e. The van der Waals surface area contributed by atoms with Crippen molar-refractivity contribution in [3.05, 3.63) is 29.3 Å². The zero-order valence-corrected chi connectivity index (χ0v) is 10.6. The topological polar surface area (TPSA) is 75.3 Å². The van der Waals surface area contributed by atoms with Crippen LogP contribution in [0, 0.1) is 6.92 Å². The lowest BCUT2D eigenvalue weighted by Crippen LogP contribution is -2.33. The average Bonchev–Trinajstić information content (AvgIpc) is 2.34. The summed E-state index contributed by atoms with van der Waals surface area (Å²) in [6.45, 7) is 1.99. The van der Waals surface area contributed by atoms with Crippen LogP contribution in [0.2, 0.25) is 0 Å². The van der Waals surface area contributed by atoms with E-state index < -0.39 is 5.97 Å². The normalized spacial score (nSPS) is 23.7. The predicted octanol–water partition coefficient (Wildman–Crippen LogP) is 2.38. The number of rotatable bonds is 3. The fourth-order valence-corrected chi connectivity index (χ4v) is 2.39. The molecule has 0 spiro atoms. The molecule has 0 radical (unpaired) electrons. The molecule has 0 saturated heterocycles. The highest BCUT2D eigenvalue weighted by Gasteiger charge is 2.19. The molecule has 4 heteroatoms. The van der Waals surface area contributed by atoms with Crippen LogP contribution in [-0.4, -0.2) is 23.2 Å². The fraction of sp³-hybridized carbons (Fsp3) is 0.500. The van der Waals surface area contributed by atoms with Gasteiger partial charge in [-0.05, 0) is 50.3 Å². The summed E-state index contributed by atoms with van der Waals surface area (Å²) in [7, 11) is 0. The van der Waals surface area contributed by atoms with Crippen molar-refractivity contribution in [2.45, 2.75) is 44.7 Å². The molecule has 1 saturated carbocycles. The van der Waals surface area contributed by atoms with Crippen molar-refractivity contribution in [2.75, 3.05) is 5.32 Å². The summed E-state index contributed by atoms with van der Waals surface area (Å²) < 4.78 is 0. The van der Waals surface area contributed by atoms with Crippen LogP contribution in [0.5, 0.6) is 0 Å². The second-order valence-corrected chi connectivity index (χ2v) is 5.09. The number of carboxylic acids is 1. The van der Waals surface area contributed by atoms with E-state index in [-0.39, 0.29) is 0 Å². The number of aromatic carboxylic acids is 1. The summed E-state index contributed by atoms with van der Waals surface area (Å²) >= 11 is 0. The van der Waals surface area contributed by atoms with Gasteiger partial charge in [0.15, 0.2) is 0 Å². The molecule has 0 unspecified atom stereocenters. The Kier molecular flexibility index (Phi) is 3.87. The van der Waals surface area contributed by atoms with Gasteiger partial charge < -0.3 is 16.2 Å². The van der Waals surface area contributed by atoms with Crippen LogP contribution in [0.25, 0.3) is 0 Å². The fourth-order valence-electron chi connectivity index (χ4n) is 2.39. The Morgan fingerprint density at radius 2 is 2.00 bits per heavy atom. The molecule has 0 amide bonds. The number of nitrogens with two attached hydrogens (primary N) is 1. The number of anilines is 1. The molecule has 0 aromatic heterocycles. The van der Waals surface area contributed by atoms with E-state index in [1.807, 2.05) is 13.0 Å². The molecule has 2 rings (SSSR count). The summed E-state index contributed by atoms with van der Waals surface area (Å²) in [5.74, 6) is -0.885. The molecule has 4 nitrogen and oxygen atoms in total. The van der Waals surface area contributed by atoms with Gasteiger partial charge in [0.2, 0.25) is 0 Å². The Morgan fingerprint density at radius 3 is 2.61 bits per heavy atom. The third-order valence-corrected chi connectivity index (χ3v) is 3.62. The van der Waals surface area contributed by atoms with E-state index in [0.29, 0.717) is 17.6 Å². The molecule has 4 N–H and O–H groups in total. The highest BCUT2D eigenvalue weighted by atomic mass is 16.4. The number of nitrogens with one attached hydrogen (secondary N) is 1. The lowest BCUT2D eigenvalue weighted by Gasteiger charge is -2.28.